The van der Waals surface area contributed by atoms with Crippen molar-refractivity contribution in [1.29, 1.82) is 0 Å². The Kier molecular flexibility index (Phi) is 7.47. The van der Waals surface area contributed by atoms with Gasteiger partial charge in [-0.25, -0.2) is 8.42 Å². The zero-order chi connectivity index (χ0) is 16.2. The fourth-order valence-electron chi connectivity index (χ4n) is 2.42. The van der Waals surface area contributed by atoms with Gasteiger partial charge >= 0.3 is 0 Å². The molecule has 3 N–H and O–H groups in total. The van der Waals surface area contributed by atoms with Crippen molar-refractivity contribution in [3.05, 3.63) is 29.8 Å². The molecule has 0 aliphatic carbocycles. The van der Waals surface area contributed by atoms with Crippen molar-refractivity contribution in [2.24, 2.45) is 5.73 Å². The summed E-state index contributed by atoms with van der Waals surface area (Å²) in [7, 11) is -3.37. The number of nitrogens with zero attached hydrogens (tertiary/aromatic N) is 1. The maximum Gasteiger partial charge on any atom is 0.243 e. The van der Waals surface area contributed by atoms with Gasteiger partial charge in [0.25, 0.3) is 0 Å². The maximum absolute atomic E-state index is 12.4. The summed E-state index contributed by atoms with van der Waals surface area (Å²) in [5.74, 6) is -0.108. The number of hydrogen-bond acceptors (Lipinski definition) is 4. The molecule has 1 fully saturated rings. The number of hydrogen-bond donors (Lipinski definition) is 2. The minimum Gasteiger partial charge on any atom is -0.352 e. The molecule has 0 aromatic heterocycles. The summed E-state index contributed by atoms with van der Waals surface area (Å²) in [5, 5.41) is 2.76. The lowest BCUT2D eigenvalue weighted by Gasteiger charge is -2.15. The number of rotatable bonds is 6. The summed E-state index contributed by atoms with van der Waals surface area (Å²) in [4.78, 5) is 11.8. The Bertz CT molecular complexity index is 611. The third-order valence-electron chi connectivity index (χ3n) is 3.62. The molecule has 130 valence electrons. The first-order chi connectivity index (χ1) is 10.4. The third kappa shape index (κ3) is 5.46. The van der Waals surface area contributed by atoms with E-state index in [2.05, 4.69) is 5.32 Å². The van der Waals surface area contributed by atoms with E-state index in [0.29, 0.717) is 24.5 Å². The van der Waals surface area contributed by atoms with Gasteiger partial charge in [0.05, 0.1) is 4.90 Å². The quantitative estimate of drug-likeness (QED) is 0.797. The van der Waals surface area contributed by atoms with Gasteiger partial charge in [-0.15, -0.1) is 12.4 Å². The number of nitrogens with one attached hydrogen (secondary N) is 1. The highest BCUT2D eigenvalue weighted by atomic mass is 35.5. The number of carbonyl (C=O) groups is 1. The lowest BCUT2D eigenvalue weighted by Crippen LogP contribution is -2.29. The van der Waals surface area contributed by atoms with E-state index < -0.39 is 10.0 Å². The van der Waals surface area contributed by atoms with Gasteiger partial charge < -0.3 is 11.1 Å². The summed E-state index contributed by atoms with van der Waals surface area (Å²) >= 11 is 0. The number of benzene rings is 1. The van der Waals surface area contributed by atoms with Crippen LogP contribution < -0.4 is 11.1 Å². The summed E-state index contributed by atoms with van der Waals surface area (Å²) < 4.78 is 26.3. The molecule has 0 bridgehead atoms. The topological polar surface area (TPSA) is 92.5 Å². The Balaban J connectivity index is 0.00000264. The predicted octanol–water partition coefficient (Wildman–Crippen LogP) is 1.25. The summed E-state index contributed by atoms with van der Waals surface area (Å²) in [6, 6.07) is 6.49. The van der Waals surface area contributed by atoms with E-state index in [0.717, 1.165) is 18.4 Å². The van der Waals surface area contributed by atoms with Crippen LogP contribution in [0.15, 0.2) is 29.2 Å². The first kappa shape index (κ1) is 19.9. The molecule has 1 aliphatic rings. The smallest absolute Gasteiger partial charge is 0.243 e. The Morgan fingerprint density at radius 1 is 1.26 bits per heavy atom. The molecule has 8 heteroatoms. The minimum absolute atomic E-state index is 0. The maximum atomic E-state index is 12.4. The lowest BCUT2D eigenvalue weighted by atomic mass is 10.2. The molecule has 1 aromatic rings. The van der Waals surface area contributed by atoms with Crippen LogP contribution in [0.3, 0.4) is 0 Å². The van der Waals surface area contributed by atoms with Gasteiger partial charge in [0.15, 0.2) is 0 Å². The van der Waals surface area contributed by atoms with E-state index in [1.807, 2.05) is 0 Å². The number of sulfonamides is 1. The average molecular weight is 362 g/mol. The van der Waals surface area contributed by atoms with Gasteiger partial charge in [-0.2, -0.15) is 4.31 Å². The molecule has 1 heterocycles. The van der Waals surface area contributed by atoms with Crippen molar-refractivity contribution < 1.29 is 13.2 Å². The molecule has 1 amide bonds. The molecule has 1 atom stereocenters. The molecule has 0 saturated carbocycles. The van der Waals surface area contributed by atoms with Gasteiger partial charge in [-0.3, -0.25) is 4.79 Å². The molecular formula is C15H24ClN3O3S. The number of halogens is 1. The number of nitrogens with two attached hydrogens (primary N) is 1. The standard InChI is InChI=1S/C15H23N3O3S.ClH/c1-12(16)10-15(19)17-11-13-4-6-14(7-5-13)22(20,21)18-8-2-3-9-18;/h4-7,12H,2-3,8-11,16H2,1H3,(H,17,19);1H. The zero-order valence-electron chi connectivity index (χ0n) is 13.2. The summed E-state index contributed by atoms with van der Waals surface area (Å²) in [5.41, 5.74) is 6.42. The van der Waals surface area contributed by atoms with Crippen molar-refractivity contribution in [1.82, 2.24) is 9.62 Å². The van der Waals surface area contributed by atoms with Crippen molar-refractivity contribution >= 4 is 28.3 Å². The van der Waals surface area contributed by atoms with E-state index >= 15 is 0 Å². The Morgan fingerprint density at radius 3 is 2.35 bits per heavy atom. The van der Waals surface area contributed by atoms with Crippen LogP contribution in [0, 0.1) is 0 Å². The molecule has 23 heavy (non-hydrogen) atoms. The van der Waals surface area contributed by atoms with E-state index in [9.17, 15) is 13.2 Å². The molecule has 1 unspecified atom stereocenters. The fourth-order valence-corrected chi connectivity index (χ4v) is 3.94. The highest BCUT2D eigenvalue weighted by Gasteiger charge is 2.26. The molecule has 1 aliphatic heterocycles. The van der Waals surface area contributed by atoms with Crippen molar-refractivity contribution in [2.45, 2.75) is 43.7 Å². The van der Waals surface area contributed by atoms with Crippen LogP contribution in [0.5, 0.6) is 0 Å². The Hall–Kier alpha value is -1.15. The van der Waals surface area contributed by atoms with Crippen LogP contribution in [0.25, 0.3) is 0 Å². The Morgan fingerprint density at radius 2 is 1.83 bits per heavy atom. The van der Waals surface area contributed by atoms with Crippen molar-refractivity contribution in [3.63, 3.8) is 0 Å². The van der Waals surface area contributed by atoms with Crippen LogP contribution >= 0.6 is 12.4 Å². The van der Waals surface area contributed by atoms with Gasteiger partial charge in [0.2, 0.25) is 15.9 Å². The molecule has 1 aromatic carbocycles. The summed E-state index contributed by atoms with van der Waals surface area (Å²) in [6.45, 7) is 3.34. The van der Waals surface area contributed by atoms with E-state index in [1.54, 1.807) is 31.2 Å². The Labute approximate surface area is 143 Å². The normalized spacial score (nSPS) is 16.6. The minimum atomic E-state index is -3.37. The fraction of sp³-hybridized carbons (Fsp3) is 0.533. The lowest BCUT2D eigenvalue weighted by molar-refractivity contribution is -0.121. The van der Waals surface area contributed by atoms with Crippen molar-refractivity contribution in [3.8, 4) is 0 Å². The second kappa shape index (κ2) is 8.63. The zero-order valence-corrected chi connectivity index (χ0v) is 14.8. The second-order valence-corrected chi connectivity index (χ2v) is 7.65. The molecule has 0 radical (unpaired) electrons. The van der Waals surface area contributed by atoms with E-state index in [1.165, 1.54) is 4.31 Å². The average Bonchev–Trinajstić information content (AvgIpc) is 3.00. The SMILES string of the molecule is CC(N)CC(=O)NCc1ccc(S(=O)(=O)N2CCCC2)cc1.Cl. The number of carbonyl (C=O) groups excluding carboxylic acids is 1. The predicted molar refractivity (Wildman–Crippen MR) is 91.8 cm³/mol. The van der Waals surface area contributed by atoms with Gasteiger partial charge in [-0.1, -0.05) is 12.1 Å². The second-order valence-electron chi connectivity index (χ2n) is 5.71. The monoisotopic (exact) mass is 361 g/mol. The van der Waals surface area contributed by atoms with Crippen LogP contribution in [0.2, 0.25) is 0 Å². The largest absolute Gasteiger partial charge is 0.352 e. The van der Waals surface area contributed by atoms with Gasteiger partial charge in [-0.05, 0) is 37.5 Å². The van der Waals surface area contributed by atoms with Crippen LogP contribution in [-0.4, -0.2) is 37.8 Å². The third-order valence-corrected chi connectivity index (χ3v) is 5.54. The van der Waals surface area contributed by atoms with Crippen LogP contribution in [0.4, 0.5) is 0 Å². The summed E-state index contributed by atoms with van der Waals surface area (Å²) in [6.07, 6.45) is 2.12. The molecule has 0 spiro atoms. The van der Waals surface area contributed by atoms with Gasteiger partial charge in [0, 0.05) is 32.1 Å². The molecule has 1 saturated heterocycles. The number of amides is 1. The van der Waals surface area contributed by atoms with E-state index in [-0.39, 0.29) is 30.8 Å². The first-order valence-electron chi connectivity index (χ1n) is 7.51. The highest BCUT2D eigenvalue weighted by molar-refractivity contribution is 7.89. The first-order valence-corrected chi connectivity index (χ1v) is 8.95. The molecule has 6 nitrogen and oxygen atoms in total. The molecular weight excluding hydrogens is 338 g/mol. The van der Waals surface area contributed by atoms with Gasteiger partial charge in [0.1, 0.15) is 0 Å². The van der Waals surface area contributed by atoms with Crippen molar-refractivity contribution in [2.75, 3.05) is 13.1 Å². The molecule has 2 rings (SSSR count). The van der Waals surface area contributed by atoms with E-state index in [4.69, 9.17) is 5.73 Å². The van der Waals surface area contributed by atoms with Crippen LogP contribution in [0.1, 0.15) is 31.7 Å². The highest BCUT2D eigenvalue weighted by Crippen LogP contribution is 2.21. The van der Waals surface area contributed by atoms with Crippen LogP contribution in [-0.2, 0) is 21.4 Å².